The van der Waals surface area contributed by atoms with Gasteiger partial charge in [0.1, 0.15) is 0 Å². The van der Waals surface area contributed by atoms with E-state index in [1.54, 1.807) is 0 Å². The zero-order valence-electron chi connectivity index (χ0n) is 11.8. The predicted molar refractivity (Wildman–Crippen MR) is 78.3 cm³/mol. The van der Waals surface area contributed by atoms with Crippen molar-refractivity contribution in [2.75, 3.05) is 18.2 Å². The topological polar surface area (TPSA) is 55.6 Å². The third kappa shape index (κ3) is 2.23. The summed E-state index contributed by atoms with van der Waals surface area (Å²) >= 11 is 0. The van der Waals surface area contributed by atoms with Gasteiger partial charge in [-0.2, -0.15) is 5.06 Å². The number of nitrogens with two attached hydrogens (primary N) is 1. The molecule has 4 nitrogen and oxygen atoms in total. The number of anilines is 1. The number of benzene rings is 1. The summed E-state index contributed by atoms with van der Waals surface area (Å²) in [5.74, 6) is 0.0421. The molecule has 0 unspecified atom stereocenters. The highest BCUT2D eigenvalue weighted by molar-refractivity contribution is 5.93. The second-order valence-electron chi connectivity index (χ2n) is 5.83. The predicted octanol–water partition coefficient (Wildman–Crippen LogP) is 2.52. The molecule has 1 aromatic rings. The molecule has 0 spiro atoms. The van der Waals surface area contributed by atoms with Crippen LogP contribution in [0.25, 0.3) is 0 Å². The van der Waals surface area contributed by atoms with Crippen LogP contribution in [0.15, 0.2) is 24.3 Å². The molecule has 3 rings (SSSR count). The first-order valence-electron chi connectivity index (χ1n) is 7.52. The van der Waals surface area contributed by atoms with Gasteiger partial charge in [0, 0.05) is 12.0 Å². The van der Waals surface area contributed by atoms with Crippen molar-refractivity contribution >= 4 is 11.6 Å². The molecule has 1 amide bonds. The van der Waals surface area contributed by atoms with E-state index in [1.807, 2.05) is 18.2 Å². The Morgan fingerprint density at radius 3 is 2.60 bits per heavy atom. The Bertz CT molecular complexity index is 495. The fourth-order valence-corrected chi connectivity index (χ4v) is 3.51. The molecular formula is C16H22N2O2. The van der Waals surface area contributed by atoms with Crippen molar-refractivity contribution in [3.05, 3.63) is 29.8 Å². The number of nitrogens with zero attached hydrogens (tertiary/aromatic N) is 1. The van der Waals surface area contributed by atoms with Gasteiger partial charge in [0.15, 0.2) is 0 Å². The van der Waals surface area contributed by atoms with Crippen LogP contribution in [0.5, 0.6) is 0 Å². The lowest BCUT2D eigenvalue weighted by atomic mass is 9.69. The molecular weight excluding hydrogens is 252 g/mol. The minimum atomic E-state index is 0.00106. The lowest BCUT2D eigenvalue weighted by molar-refractivity contribution is -0.119. The van der Waals surface area contributed by atoms with Gasteiger partial charge in [-0.3, -0.25) is 9.63 Å². The molecule has 2 N–H and O–H groups in total. The molecule has 2 fully saturated rings. The molecule has 0 atom stereocenters. The van der Waals surface area contributed by atoms with Crippen LogP contribution in [-0.4, -0.2) is 19.1 Å². The van der Waals surface area contributed by atoms with Gasteiger partial charge < -0.3 is 5.73 Å². The quantitative estimate of drug-likeness (QED) is 0.921. The normalized spacial score (nSPS) is 22.2. The Balaban J connectivity index is 2.02. The van der Waals surface area contributed by atoms with Crippen LogP contribution < -0.4 is 10.8 Å². The van der Waals surface area contributed by atoms with Crippen LogP contribution in [0.3, 0.4) is 0 Å². The molecule has 1 saturated heterocycles. The minimum absolute atomic E-state index is 0.00106. The van der Waals surface area contributed by atoms with E-state index in [0.29, 0.717) is 19.6 Å². The van der Waals surface area contributed by atoms with E-state index in [4.69, 9.17) is 10.6 Å². The molecule has 1 aliphatic heterocycles. The van der Waals surface area contributed by atoms with Crippen LogP contribution >= 0.6 is 0 Å². The summed E-state index contributed by atoms with van der Waals surface area (Å²) in [7, 11) is 0. The second kappa shape index (κ2) is 5.54. The molecule has 2 aliphatic rings. The summed E-state index contributed by atoms with van der Waals surface area (Å²) in [5, 5.41) is 1.47. The van der Waals surface area contributed by atoms with Gasteiger partial charge in [-0.1, -0.05) is 37.5 Å². The Hall–Kier alpha value is -1.39. The Morgan fingerprint density at radius 1 is 1.20 bits per heavy atom. The zero-order chi connectivity index (χ0) is 14.0. The minimum Gasteiger partial charge on any atom is -0.330 e. The molecule has 0 radical (unpaired) electrons. The molecule has 0 bridgehead atoms. The molecule has 1 saturated carbocycles. The smallest absolute Gasteiger partial charge is 0.253 e. The summed E-state index contributed by atoms with van der Waals surface area (Å²) < 4.78 is 0. The third-order valence-corrected chi connectivity index (χ3v) is 4.66. The van der Waals surface area contributed by atoms with Crippen molar-refractivity contribution < 1.29 is 9.63 Å². The number of amides is 1. The zero-order valence-corrected chi connectivity index (χ0v) is 11.8. The van der Waals surface area contributed by atoms with Gasteiger partial charge in [0.25, 0.3) is 5.91 Å². The van der Waals surface area contributed by atoms with E-state index in [0.717, 1.165) is 18.5 Å². The highest BCUT2D eigenvalue weighted by atomic mass is 16.7. The van der Waals surface area contributed by atoms with E-state index in [1.165, 1.54) is 29.9 Å². The standard InChI is InChI=1S/C16H22N2O2/c17-12-16(9-4-1-5-10-16)13-6-2-3-7-14(13)18-15(19)8-11-20-18/h2-3,6-7H,1,4-5,8-12,17H2. The monoisotopic (exact) mass is 274 g/mol. The van der Waals surface area contributed by atoms with Crippen molar-refractivity contribution in [1.29, 1.82) is 0 Å². The third-order valence-electron chi connectivity index (χ3n) is 4.66. The summed E-state index contributed by atoms with van der Waals surface area (Å²) in [5.41, 5.74) is 8.20. The van der Waals surface area contributed by atoms with Crippen LogP contribution in [0, 0.1) is 0 Å². The lowest BCUT2D eigenvalue weighted by Crippen LogP contribution is -2.39. The lowest BCUT2D eigenvalue weighted by Gasteiger charge is -2.38. The van der Waals surface area contributed by atoms with Crippen molar-refractivity contribution in [3.8, 4) is 0 Å². The van der Waals surface area contributed by atoms with Gasteiger partial charge in [-0.25, -0.2) is 0 Å². The Morgan fingerprint density at radius 2 is 1.95 bits per heavy atom. The van der Waals surface area contributed by atoms with Crippen molar-refractivity contribution in [2.24, 2.45) is 5.73 Å². The Kier molecular flexibility index (Phi) is 3.76. The number of carbonyl (C=O) groups excluding carboxylic acids is 1. The molecule has 1 aliphatic carbocycles. The highest BCUT2D eigenvalue weighted by Crippen LogP contribution is 2.43. The molecule has 4 heteroatoms. The molecule has 108 valence electrons. The highest BCUT2D eigenvalue weighted by Gasteiger charge is 2.37. The molecule has 20 heavy (non-hydrogen) atoms. The van der Waals surface area contributed by atoms with Crippen LogP contribution in [0.1, 0.15) is 44.1 Å². The van der Waals surface area contributed by atoms with Crippen LogP contribution in [-0.2, 0) is 15.0 Å². The summed E-state index contributed by atoms with van der Waals surface area (Å²) in [6, 6.07) is 8.08. The number of hydrogen-bond donors (Lipinski definition) is 1. The van der Waals surface area contributed by atoms with Crippen molar-refractivity contribution in [3.63, 3.8) is 0 Å². The van der Waals surface area contributed by atoms with Gasteiger partial charge in [-0.15, -0.1) is 0 Å². The average Bonchev–Trinajstić information content (AvgIpc) is 2.94. The largest absolute Gasteiger partial charge is 0.330 e. The maximum absolute atomic E-state index is 12.0. The number of para-hydroxylation sites is 1. The fourth-order valence-electron chi connectivity index (χ4n) is 3.51. The maximum atomic E-state index is 12.0. The number of carbonyl (C=O) groups is 1. The van der Waals surface area contributed by atoms with Crippen molar-refractivity contribution in [2.45, 2.75) is 43.9 Å². The number of hydroxylamine groups is 1. The van der Waals surface area contributed by atoms with Gasteiger partial charge in [-0.05, 0) is 24.5 Å². The first kappa shape index (κ1) is 13.6. The van der Waals surface area contributed by atoms with E-state index < -0.39 is 0 Å². The number of hydrogen-bond acceptors (Lipinski definition) is 3. The Labute approximate surface area is 119 Å². The van der Waals surface area contributed by atoms with Crippen LogP contribution in [0.2, 0.25) is 0 Å². The van der Waals surface area contributed by atoms with E-state index in [9.17, 15) is 4.79 Å². The fraction of sp³-hybridized carbons (Fsp3) is 0.562. The molecule has 0 aromatic heterocycles. The van der Waals surface area contributed by atoms with Gasteiger partial charge in [0.2, 0.25) is 0 Å². The average molecular weight is 274 g/mol. The first-order chi connectivity index (χ1) is 9.77. The maximum Gasteiger partial charge on any atom is 0.253 e. The van der Waals surface area contributed by atoms with Crippen LogP contribution in [0.4, 0.5) is 5.69 Å². The summed E-state index contributed by atoms with van der Waals surface area (Å²) in [6.45, 7) is 1.11. The van der Waals surface area contributed by atoms with E-state index in [2.05, 4.69) is 6.07 Å². The van der Waals surface area contributed by atoms with E-state index >= 15 is 0 Å². The van der Waals surface area contributed by atoms with Gasteiger partial charge in [0.05, 0.1) is 18.7 Å². The summed E-state index contributed by atoms with van der Waals surface area (Å²) in [6.07, 6.45) is 6.36. The number of rotatable bonds is 3. The van der Waals surface area contributed by atoms with Gasteiger partial charge >= 0.3 is 0 Å². The second-order valence-corrected chi connectivity index (χ2v) is 5.83. The summed E-state index contributed by atoms with van der Waals surface area (Å²) in [4.78, 5) is 17.5. The van der Waals surface area contributed by atoms with E-state index in [-0.39, 0.29) is 11.3 Å². The SMILES string of the molecule is NCC1(c2ccccc2N2OCCC2=O)CCCCC1. The molecule has 1 aromatic carbocycles. The first-order valence-corrected chi connectivity index (χ1v) is 7.52. The molecule has 1 heterocycles. The van der Waals surface area contributed by atoms with Crippen molar-refractivity contribution in [1.82, 2.24) is 0 Å².